The highest BCUT2D eigenvalue weighted by atomic mass is 32.2. The Balaban J connectivity index is 1.64. The SMILES string of the molecule is Cc1cccnc1-n1c(C)cc([C@@H]2[C@H](c3ccccn3)N=C3S[C@H](C)CN32)c1C. The molecule has 2 aliphatic heterocycles. The van der Waals surface area contributed by atoms with E-state index in [4.69, 9.17) is 4.99 Å². The number of thioether (sulfide) groups is 1. The van der Waals surface area contributed by atoms with E-state index in [1.807, 2.05) is 36.3 Å². The zero-order valence-electron chi connectivity index (χ0n) is 17.2. The zero-order chi connectivity index (χ0) is 20.1. The average molecular weight is 404 g/mol. The molecule has 0 aliphatic carbocycles. The molecule has 29 heavy (non-hydrogen) atoms. The molecule has 0 bridgehead atoms. The Hall–Kier alpha value is -2.60. The van der Waals surface area contributed by atoms with Crippen molar-refractivity contribution in [1.29, 1.82) is 0 Å². The standard InChI is InChI=1S/C23H25N5S/c1-14-8-7-11-25-22(14)28-15(2)12-18(17(28)4)21-20(19-9-5-6-10-24-19)26-23-27(21)13-16(3)29-23/h5-12,16,20-21H,13H2,1-4H3/t16-,20+,21-/m1/s1. The van der Waals surface area contributed by atoms with E-state index in [0.717, 1.165) is 23.2 Å². The molecule has 0 amide bonds. The first-order chi connectivity index (χ1) is 14.0. The van der Waals surface area contributed by atoms with Crippen molar-refractivity contribution in [3.8, 4) is 5.82 Å². The maximum atomic E-state index is 5.12. The summed E-state index contributed by atoms with van der Waals surface area (Å²) in [5, 5.41) is 1.71. The quantitative estimate of drug-likeness (QED) is 0.631. The molecule has 0 N–H and O–H groups in total. The highest BCUT2D eigenvalue weighted by Crippen LogP contribution is 2.48. The first kappa shape index (κ1) is 18.4. The molecule has 0 radical (unpaired) electrons. The summed E-state index contributed by atoms with van der Waals surface area (Å²) in [5.74, 6) is 1.01. The minimum absolute atomic E-state index is 0.0185. The molecular formula is C23H25N5S. The largest absolute Gasteiger partial charge is 0.341 e. The van der Waals surface area contributed by atoms with Gasteiger partial charge < -0.3 is 9.47 Å². The van der Waals surface area contributed by atoms with E-state index in [9.17, 15) is 0 Å². The van der Waals surface area contributed by atoms with Crippen LogP contribution in [0, 0.1) is 20.8 Å². The Kier molecular flexibility index (Phi) is 4.46. The Bertz CT molecular complexity index is 1090. The second-order valence-corrected chi connectivity index (χ2v) is 9.35. The number of nitrogens with zero attached hydrogens (tertiary/aromatic N) is 5. The number of aryl methyl sites for hydroxylation is 2. The van der Waals surface area contributed by atoms with Gasteiger partial charge in [0, 0.05) is 35.6 Å². The third-order valence-corrected chi connectivity index (χ3v) is 6.97. The van der Waals surface area contributed by atoms with Crippen LogP contribution >= 0.6 is 11.8 Å². The summed E-state index contributed by atoms with van der Waals surface area (Å²) in [4.78, 5) is 16.9. The van der Waals surface area contributed by atoms with Crippen LogP contribution in [0.4, 0.5) is 0 Å². The molecule has 0 spiro atoms. The number of rotatable bonds is 3. The summed E-state index contributed by atoms with van der Waals surface area (Å²) in [5.41, 5.74) is 5.96. The molecule has 5 heterocycles. The molecule has 5 rings (SSSR count). The van der Waals surface area contributed by atoms with Gasteiger partial charge in [-0.2, -0.15) is 0 Å². The third kappa shape index (κ3) is 2.97. The molecule has 2 aliphatic rings. The number of hydrogen-bond donors (Lipinski definition) is 0. The van der Waals surface area contributed by atoms with E-state index >= 15 is 0 Å². The number of pyridine rings is 2. The fraction of sp³-hybridized carbons (Fsp3) is 0.348. The highest BCUT2D eigenvalue weighted by molar-refractivity contribution is 8.14. The van der Waals surface area contributed by atoms with Gasteiger partial charge in [0.05, 0.1) is 11.7 Å². The van der Waals surface area contributed by atoms with Crippen LogP contribution in [0.2, 0.25) is 0 Å². The normalized spacial score (nSPS) is 23.4. The smallest absolute Gasteiger partial charge is 0.160 e. The Labute approximate surface area is 175 Å². The van der Waals surface area contributed by atoms with Crippen molar-refractivity contribution < 1.29 is 0 Å². The predicted octanol–water partition coefficient (Wildman–Crippen LogP) is 4.78. The Morgan fingerprint density at radius 1 is 1.03 bits per heavy atom. The molecule has 0 aromatic carbocycles. The minimum Gasteiger partial charge on any atom is -0.341 e. The van der Waals surface area contributed by atoms with Crippen molar-refractivity contribution in [3.63, 3.8) is 0 Å². The van der Waals surface area contributed by atoms with Crippen LogP contribution in [0.1, 0.15) is 47.2 Å². The molecule has 3 atom stereocenters. The minimum atomic E-state index is 0.0185. The maximum absolute atomic E-state index is 5.12. The molecule has 1 saturated heterocycles. The second-order valence-electron chi connectivity index (χ2n) is 7.94. The van der Waals surface area contributed by atoms with Gasteiger partial charge >= 0.3 is 0 Å². The first-order valence-corrected chi connectivity index (χ1v) is 11.0. The van der Waals surface area contributed by atoms with Crippen molar-refractivity contribution in [2.24, 2.45) is 4.99 Å². The van der Waals surface area contributed by atoms with Crippen molar-refractivity contribution in [2.45, 2.75) is 45.0 Å². The lowest BCUT2D eigenvalue weighted by atomic mass is 9.96. The molecule has 1 fully saturated rings. The van der Waals surface area contributed by atoms with Gasteiger partial charge in [0.15, 0.2) is 5.17 Å². The van der Waals surface area contributed by atoms with Crippen molar-refractivity contribution in [2.75, 3.05) is 6.54 Å². The van der Waals surface area contributed by atoms with Gasteiger partial charge in [-0.15, -0.1) is 0 Å². The van der Waals surface area contributed by atoms with Crippen LogP contribution in [0.5, 0.6) is 0 Å². The number of amidine groups is 1. The maximum Gasteiger partial charge on any atom is 0.160 e. The number of aromatic nitrogens is 3. The molecule has 0 unspecified atom stereocenters. The summed E-state index contributed by atoms with van der Waals surface area (Å²) in [6, 6.07) is 12.7. The lowest BCUT2D eigenvalue weighted by molar-refractivity contribution is 0.320. The summed E-state index contributed by atoms with van der Waals surface area (Å²) in [6.45, 7) is 9.78. The van der Waals surface area contributed by atoms with Crippen molar-refractivity contribution in [1.82, 2.24) is 19.4 Å². The van der Waals surface area contributed by atoms with E-state index in [1.54, 1.807) is 0 Å². The predicted molar refractivity (Wildman–Crippen MR) is 119 cm³/mol. The lowest BCUT2D eigenvalue weighted by Gasteiger charge is -2.27. The van der Waals surface area contributed by atoms with Crippen LogP contribution in [0.3, 0.4) is 0 Å². The van der Waals surface area contributed by atoms with E-state index in [0.29, 0.717) is 5.25 Å². The fourth-order valence-electron chi connectivity index (χ4n) is 4.58. The first-order valence-electron chi connectivity index (χ1n) is 10.1. The van der Waals surface area contributed by atoms with Gasteiger partial charge in [-0.25, -0.2) is 4.98 Å². The Morgan fingerprint density at radius 2 is 1.86 bits per heavy atom. The van der Waals surface area contributed by atoms with Crippen molar-refractivity contribution >= 4 is 16.9 Å². The molecule has 5 nitrogen and oxygen atoms in total. The van der Waals surface area contributed by atoms with Gasteiger partial charge in [-0.1, -0.05) is 30.8 Å². The van der Waals surface area contributed by atoms with Gasteiger partial charge in [-0.3, -0.25) is 9.98 Å². The van der Waals surface area contributed by atoms with Gasteiger partial charge in [0.25, 0.3) is 0 Å². The fourth-order valence-corrected chi connectivity index (χ4v) is 5.67. The Morgan fingerprint density at radius 3 is 2.62 bits per heavy atom. The molecule has 0 saturated carbocycles. The summed E-state index contributed by atoms with van der Waals surface area (Å²) >= 11 is 1.88. The zero-order valence-corrected chi connectivity index (χ0v) is 18.0. The van der Waals surface area contributed by atoms with E-state index in [1.165, 1.54) is 22.5 Å². The van der Waals surface area contributed by atoms with Crippen LogP contribution in [0.15, 0.2) is 53.8 Å². The number of hydrogen-bond acceptors (Lipinski definition) is 5. The number of fused-ring (bicyclic) bond motifs is 1. The summed E-state index contributed by atoms with van der Waals surface area (Å²) in [6.07, 6.45) is 3.74. The monoisotopic (exact) mass is 403 g/mol. The van der Waals surface area contributed by atoms with Crippen LogP contribution in [0.25, 0.3) is 5.82 Å². The molecule has 148 valence electrons. The summed E-state index contributed by atoms with van der Waals surface area (Å²) in [7, 11) is 0. The van der Waals surface area contributed by atoms with Crippen LogP contribution in [-0.2, 0) is 0 Å². The number of aliphatic imine (C=N–C) groups is 1. The molecular weight excluding hydrogens is 378 g/mol. The van der Waals surface area contributed by atoms with E-state index in [-0.39, 0.29) is 12.1 Å². The molecule has 6 heteroatoms. The van der Waals surface area contributed by atoms with Crippen LogP contribution in [-0.4, -0.2) is 36.4 Å². The van der Waals surface area contributed by atoms with Crippen LogP contribution < -0.4 is 0 Å². The van der Waals surface area contributed by atoms with E-state index in [2.05, 4.69) is 71.4 Å². The second kappa shape index (κ2) is 7.02. The topological polar surface area (TPSA) is 46.3 Å². The van der Waals surface area contributed by atoms with Gasteiger partial charge in [0.2, 0.25) is 0 Å². The van der Waals surface area contributed by atoms with Crippen molar-refractivity contribution in [3.05, 3.63) is 77.0 Å². The highest BCUT2D eigenvalue weighted by Gasteiger charge is 2.44. The van der Waals surface area contributed by atoms with E-state index < -0.39 is 0 Å². The third-order valence-electron chi connectivity index (χ3n) is 5.86. The average Bonchev–Trinajstić information content (AvgIpc) is 3.33. The summed E-state index contributed by atoms with van der Waals surface area (Å²) < 4.78 is 2.28. The molecule has 3 aromatic rings. The molecule has 3 aromatic heterocycles. The van der Waals surface area contributed by atoms with Gasteiger partial charge in [-0.05, 0) is 56.2 Å². The lowest BCUT2D eigenvalue weighted by Crippen LogP contribution is -2.29. The van der Waals surface area contributed by atoms with Gasteiger partial charge in [0.1, 0.15) is 11.9 Å².